The van der Waals surface area contributed by atoms with E-state index in [-0.39, 0.29) is 11.5 Å². The van der Waals surface area contributed by atoms with E-state index >= 15 is 0 Å². The van der Waals surface area contributed by atoms with Crippen LogP contribution in [0.4, 0.5) is 5.82 Å². The molecule has 0 amide bonds. The smallest absolute Gasteiger partial charge is 0.197 e. The lowest BCUT2D eigenvalue weighted by Gasteiger charge is -2.24. The van der Waals surface area contributed by atoms with Crippen molar-refractivity contribution in [3.63, 3.8) is 0 Å². The standard InChI is InChI=1S/C9H15N5O/c1-9(2,3)14-4-11-5-6(14)12-8(10)13-7(5)15/h4,7,15H,1-3H3,(H3,10,12,13). The minimum atomic E-state index is -0.874. The second kappa shape index (κ2) is 2.96. The molecule has 2 rings (SSSR count). The molecule has 0 aliphatic carbocycles. The molecule has 6 heteroatoms. The van der Waals surface area contributed by atoms with Gasteiger partial charge in [0.2, 0.25) is 0 Å². The molecule has 0 aromatic carbocycles. The quantitative estimate of drug-likeness (QED) is 0.568. The second-order valence-electron chi connectivity index (χ2n) is 4.54. The molecule has 1 atom stereocenters. The van der Waals surface area contributed by atoms with Gasteiger partial charge in [-0.05, 0) is 20.8 Å². The molecule has 4 N–H and O–H groups in total. The Balaban J connectivity index is 2.57. The van der Waals surface area contributed by atoms with Crippen molar-refractivity contribution in [2.45, 2.75) is 32.5 Å². The van der Waals surface area contributed by atoms with E-state index in [0.717, 1.165) is 0 Å². The Morgan fingerprint density at radius 3 is 2.80 bits per heavy atom. The topological polar surface area (TPSA) is 88.5 Å². The third-order valence-corrected chi connectivity index (χ3v) is 2.26. The summed E-state index contributed by atoms with van der Waals surface area (Å²) >= 11 is 0. The van der Waals surface area contributed by atoms with Crippen LogP contribution in [-0.2, 0) is 5.54 Å². The summed E-state index contributed by atoms with van der Waals surface area (Å²) < 4.78 is 1.89. The third-order valence-electron chi connectivity index (χ3n) is 2.26. The maximum atomic E-state index is 9.66. The zero-order chi connectivity index (χ0) is 11.2. The number of aromatic nitrogens is 2. The molecule has 0 saturated heterocycles. The van der Waals surface area contributed by atoms with Crippen molar-refractivity contribution in [1.82, 2.24) is 14.9 Å². The van der Waals surface area contributed by atoms with Crippen LogP contribution in [0.2, 0.25) is 0 Å². The Morgan fingerprint density at radius 2 is 2.20 bits per heavy atom. The van der Waals surface area contributed by atoms with Crippen LogP contribution in [0.25, 0.3) is 0 Å². The average Bonchev–Trinajstić information content (AvgIpc) is 2.45. The highest BCUT2D eigenvalue weighted by Crippen LogP contribution is 2.30. The molecule has 1 aromatic rings. The molecule has 6 nitrogen and oxygen atoms in total. The van der Waals surface area contributed by atoms with Crippen molar-refractivity contribution < 1.29 is 5.11 Å². The molecular formula is C9H15N5O. The van der Waals surface area contributed by atoms with Gasteiger partial charge in [-0.3, -0.25) is 0 Å². The van der Waals surface area contributed by atoms with Gasteiger partial charge in [-0.2, -0.15) is 4.99 Å². The van der Waals surface area contributed by atoms with Crippen LogP contribution in [0.1, 0.15) is 32.7 Å². The Morgan fingerprint density at radius 1 is 1.53 bits per heavy atom. The van der Waals surface area contributed by atoms with Gasteiger partial charge in [-0.1, -0.05) is 0 Å². The number of imidazole rings is 1. The van der Waals surface area contributed by atoms with E-state index < -0.39 is 6.23 Å². The van der Waals surface area contributed by atoms with Crippen LogP contribution < -0.4 is 11.1 Å². The first-order valence-electron chi connectivity index (χ1n) is 4.76. The Hall–Kier alpha value is -1.56. The van der Waals surface area contributed by atoms with E-state index in [1.165, 1.54) is 0 Å². The number of aliphatic hydroxyl groups excluding tert-OH is 1. The summed E-state index contributed by atoms with van der Waals surface area (Å²) in [6.07, 6.45) is 0.790. The lowest BCUT2D eigenvalue weighted by molar-refractivity contribution is 0.156. The summed E-state index contributed by atoms with van der Waals surface area (Å²) in [6.45, 7) is 6.11. The molecule has 15 heavy (non-hydrogen) atoms. The largest absolute Gasteiger partial charge is 0.370 e. The molecule has 0 spiro atoms. The van der Waals surface area contributed by atoms with Gasteiger partial charge in [0.15, 0.2) is 18.0 Å². The highest BCUT2D eigenvalue weighted by Gasteiger charge is 2.27. The fourth-order valence-corrected chi connectivity index (χ4v) is 1.51. The Labute approximate surface area is 87.8 Å². The zero-order valence-electron chi connectivity index (χ0n) is 9.02. The summed E-state index contributed by atoms with van der Waals surface area (Å²) in [5.74, 6) is 0.826. The number of nitrogens with two attached hydrogens (primary N) is 1. The monoisotopic (exact) mass is 209 g/mol. The van der Waals surface area contributed by atoms with Crippen molar-refractivity contribution in [1.29, 1.82) is 0 Å². The second-order valence-corrected chi connectivity index (χ2v) is 4.54. The fraction of sp³-hybridized carbons (Fsp3) is 0.556. The number of nitrogens with zero attached hydrogens (tertiary/aromatic N) is 3. The lowest BCUT2D eigenvalue weighted by atomic mass is 10.1. The molecule has 2 heterocycles. The number of rotatable bonds is 0. The molecule has 1 aliphatic heterocycles. The number of aliphatic hydroxyl groups is 1. The zero-order valence-corrected chi connectivity index (χ0v) is 9.02. The maximum Gasteiger partial charge on any atom is 0.197 e. The average molecular weight is 209 g/mol. The Bertz CT molecular complexity index is 415. The number of guanidine groups is 1. The van der Waals surface area contributed by atoms with Crippen LogP contribution in [0, 0.1) is 0 Å². The molecule has 0 saturated carbocycles. The summed E-state index contributed by atoms with van der Waals surface area (Å²) in [5.41, 5.74) is 5.92. The number of fused-ring (bicyclic) bond motifs is 1. The molecule has 82 valence electrons. The van der Waals surface area contributed by atoms with E-state index in [1.54, 1.807) is 6.33 Å². The SMILES string of the molecule is CC(C)(C)n1cnc2c1N=C(N)NC2O. The normalized spacial score (nSPS) is 20.5. The first-order valence-corrected chi connectivity index (χ1v) is 4.76. The van der Waals surface area contributed by atoms with Crippen molar-refractivity contribution in [3.05, 3.63) is 12.0 Å². The van der Waals surface area contributed by atoms with E-state index in [1.807, 2.05) is 25.3 Å². The Kier molecular flexibility index (Phi) is 1.97. The van der Waals surface area contributed by atoms with Gasteiger partial charge >= 0.3 is 0 Å². The summed E-state index contributed by atoms with van der Waals surface area (Å²) in [4.78, 5) is 8.27. The molecule has 0 radical (unpaired) electrons. The fourth-order valence-electron chi connectivity index (χ4n) is 1.51. The number of hydrogen-bond acceptors (Lipinski definition) is 5. The third kappa shape index (κ3) is 1.56. The van der Waals surface area contributed by atoms with E-state index in [4.69, 9.17) is 5.73 Å². The van der Waals surface area contributed by atoms with Gasteiger partial charge in [-0.15, -0.1) is 0 Å². The minimum Gasteiger partial charge on any atom is -0.370 e. The van der Waals surface area contributed by atoms with Crippen LogP contribution in [-0.4, -0.2) is 20.6 Å². The predicted molar refractivity (Wildman–Crippen MR) is 56.6 cm³/mol. The molecular weight excluding hydrogens is 194 g/mol. The number of hydrogen-bond donors (Lipinski definition) is 3. The van der Waals surface area contributed by atoms with Gasteiger partial charge in [0.25, 0.3) is 0 Å². The molecule has 1 aliphatic rings. The van der Waals surface area contributed by atoms with Gasteiger partial charge in [-0.25, -0.2) is 4.98 Å². The van der Waals surface area contributed by atoms with E-state index in [9.17, 15) is 5.11 Å². The number of nitrogens with one attached hydrogen (secondary N) is 1. The summed E-state index contributed by atoms with van der Waals surface area (Å²) in [5, 5.41) is 12.3. The van der Waals surface area contributed by atoms with Crippen molar-refractivity contribution >= 4 is 11.8 Å². The highest BCUT2D eigenvalue weighted by molar-refractivity contribution is 5.82. The molecule has 1 unspecified atom stereocenters. The van der Waals surface area contributed by atoms with Crippen molar-refractivity contribution in [2.75, 3.05) is 0 Å². The van der Waals surface area contributed by atoms with Gasteiger partial charge in [0.1, 0.15) is 5.69 Å². The number of aliphatic imine (C=N–C) groups is 1. The van der Waals surface area contributed by atoms with Crippen LogP contribution in [0.5, 0.6) is 0 Å². The van der Waals surface area contributed by atoms with E-state index in [2.05, 4.69) is 15.3 Å². The summed E-state index contributed by atoms with van der Waals surface area (Å²) in [7, 11) is 0. The van der Waals surface area contributed by atoms with Gasteiger partial charge in [0, 0.05) is 5.54 Å². The van der Waals surface area contributed by atoms with Crippen molar-refractivity contribution in [3.8, 4) is 0 Å². The highest BCUT2D eigenvalue weighted by atomic mass is 16.3. The first-order chi connectivity index (χ1) is 6.89. The summed E-state index contributed by atoms with van der Waals surface area (Å²) in [6, 6.07) is 0. The molecule has 1 aromatic heterocycles. The van der Waals surface area contributed by atoms with E-state index in [0.29, 0.717) is 11.5 Å². The van der Waals surface area contributed by atoms with Gasteiger partial charge in [0.05, 0.1) is 6.33 Å². The van der Waals surface area contributed by atoms with Crippen LogP contribution in [0.15, 0.2) is 11.3 Å². The molecule has 0 fully saturated rings. The van der Waals surface area contributed by atoms with Crippen molar-refractivity contribution in [2.24, 2.45) is 10.7 Å². The predicted octanol–water partition coefficient (Wildman–Crippen LogP) is 0.178. The lowest BCUT2D eigenvalue weighted by Crippen LogP contribution is -2.37. The van der Waals surface area contributed by atoms with Crippen LogP contribution in [0.3, 0.4) is 0 Å². The maximum absolute atomic E-state index is 9.66. The van der Waals surface area contributed by atoms with Gasteiger partial charge < -0.3 is 20.7 Å². The minimum absolute atomic E-state index is 0.137. The van der Waals surface area contributed by atoms with Crippen LogP contribution >= 0.6 is 0 Å². The first kappa shape index (κ1) is 9.97. The molecule has 0 bridgehead atoms.